The zero-order chi connectivity index (χ0) is 19.9. The van der Waals surface area contributed by atoms with E-state index >= 15 is 0 Å². The highest BCUT2D eigenvalue weighted by Gasteiger charge is 2.32. The first-order valence-electron chi connectivity index (χ1n) is 8.40. The van der Waals surface area contributed by atoms with E-state index in [0.717, 1.165) is 0 Å². The van der Waals surface area contributed by atoms with Crippen LogP contribution in [0.15, 0.2) is 53.7 Å². The third kappa shape index (κ3) is 5.25. The summed E-state index contributed by atoms with van der Waals surface area (Å²) < 4.78 is 32.9. The molecule has 2 aromatic rings. The summed E-state index contributed by atoms with van der Waals surface area (Å²) in [6, 6.07) is 8.90. The number of benzene rings is 1. The molecule has 1 unspecified atom stereocenters. The minimum atomic E-state index is -3.90. The quantitative estimate of drug-likeness (QED) is 0.498. The SMILES string of the molecule is CCC(CC(=O)NO)N(Cc1cccnc1)S(=O)(=O)c1ccc(OC)cc1. The van der Waals surface area contributed by atoms with E-state index < -0.39 is 22.0 Å². The van der Waals surface area contributed by atoms with Crippen molar-refractivity contribution in [2.45, 2.75) is 37.2 Å². The van der Waals surface area contributed by atoms with Crippen molar-refractivity contribution < 1.29 is 23.2 Å². The average Bonchev–Trinajstić information content (AvgIpc) is 2.71. The van der Waals surface area contributed by atoms with Gasteiger partial charge in [0.05, 0.1) is 12.0 Å². The Morgan fingerprint density at radius 3 is 2.52 bits per heavy atom. The number of nitrogens with one attached hydrogen (secondary N) is 1. The van der Waals surface area contributed by atoms with Gasteiger partial charge in [0.2, 0.25) is 15.9 Å². The van der Waals surface area contributed by atoms with Gasteiger partial charge in [-0.3, -0.25) is 15.0 Å². The molecular formula is C18H23N3O5S. The van der Waals surface area contributed by atoms with E-state index in [1.807, 2.05) is 0 Å². The van der Waals surface area contributed by atoms with Crippen molar-refractivity contribution in [3.63, 3.8) is 0 Å². The van der Waals surface area contributed by atoms with Gasteiger partial charge < -0.3 is 4.74 Å². The highest BCUT2D eigenvalue weighted by molar-refractivity contribution is 7.89. The second-order valence-electron chi connectivity index (χ2n) is 5.89. The summed E-state index contributed by atoms with van der Waals surface area (Å²) in [6.07, 6.45) is 3.41. The van der Waals surface area contributed by atoms with Crippen molar-refractivity contribution in [2.75, 3.05) is 7.11 Å². The molecule has 0 aliphatic carbocycles. The summed E-state index contributed by atoms with van der Waals surface area (Å²) in [7, 11) is -2.40. The summed E-state index contributed by atoms with van der Waals surface area (Å²) >= 11 is 0. The summed E-state index contributed by atoms with van der Waals surface area (Å²) in [5, 5.41) is 8.84. The fourth-order valence-electron chi connectivity index (χ4n) is 2.67. The van der Waals surface area contributed by atoms with E-state index in [1.54, 1.807) is 49.1 Å². The van der Waals surface area contributed by atoms with Crippen LogP contribution in [0.1, 0.15) is 25.3 Å². The van der Waals surface area contributed by atoms with Crippen LogP contribution in [-0.4, -0.2) is 42.0 Å². The molecule has 1 aromatic heterocycles. The Morgan fingerprint density at radius 1 is 1.30 bits per heavy atom. The molecular weight excluding hydrogens is 370 g/mol. The predicted octanol–water partition coefficient (Wildman–Crippen LogP) is 1.96. The minimum Gasteiger partial charge on any atom is -0.497 e. The molecule has 1 amide bonds. The van der Waals surface area contributed by atoms with Gasteiger partial charge >= 0.3 is 0 Å². The van der Waals surface area contributed by atoms with Gasteiger partial charge in [-0.2, -0.15) is 4.31 Å². The summed E-state index contributed by atoms with van der Waals surface area (Å²) in [4.78, 5) is 15.8. The molecule has 27 heavy (non-hydrogen) atoms. The number of hydroxylamine groups is 1. The molecule has 1 atom stereocenters. The maximum absolute atomic E-state index is 13.3. The Labute approximate surface area is 158 Å². The van der Waals surface area contributed by atoms with Crippen molar-refractivity contribution in [1.82, 2.24) is 14.8 Å². The number of nitrogens with zero attached hydrogens (tertiary/aromatic N) is 2. The monoisotopic (exact) mass is 393 g/mol. The number of rotatable bonds is 9. The normalized spacial score (nSPS) is 12.6. The Kier molecular flexibility index (Phi) is 7.28. The fourth-order valence-corrected chi connectivity index (χ4v) is 4.36. The van der Waals surface area contributed by atoms with E-state index in [9.17, 15) is 13.2 Å². The van der Waals surface area contributed by atoms with E-state index in [-0.39, 0.29) is 17.9 Å². The van der Waals surface area contributed by atoms with Crippen molar-refractivity contribution in [3.8, 4) is 5.75 Å². The standard InChI is InChI=1S/C18H23N3O5S/c1-3-15(11-18(22)20-23)21(13-14-5-4-10-19-12-14)27(24,25)17-8-6-16(26-2)7-9-17/h4-10,12,15,23H,3,11,13H2,1-2H3,(H,20,22). The number of aromatic nitrogens is 1. The maximum atomic E-state index is 13.3. The van der Waals surface area contributed by atoms with Gasteiger partial charge in [-0.15, -0.1) is 0 Å². The number of hydrogen-bond donors (Lipinski definition) is 2. The molecule has 0 aliphatic heterocycles. The van der Waals surface area contributed by atoms with Gasteiger partial charge in [0.25, 0.3) is 0 Å². The van der Waals surface area contributed by atoms with Crippen LogP contribution in [0.2, 0.25) is 0 Å². The number of carbonyl (C=O) groups excluding carboxylic acids is 1. The smallest absolute Gasteiger partial charge is 0.244 e. The Hall–Kier alpha value is -2.49. The molecule has 1 heterocycles. The largest absolute Gasteiger partial charge is 0.497 e. The maximum Gasteiger partial charge on any atom is 0.244 e. The number of amides is 1. The molecule has 1 aromatic carbocycles. The van der Waals surface area contributed by atoms with Gasteiger partial charge in [-0.25, -0.2) is 13.9 Å². The fraction of sp³-hybridized carbons (Fsp3) is 0.333. The zero-order valence-electron chi connectivity index (χ0n) is 15.2. The average molecular weight is 393 g/mol. The lowest BCUT2D eigenvalue weighted by Crippen LogP contribution is -2.42. The lowest BCUT2D eigenvalue weighted by molar-refractivity contribution is -0.130. The Balaban J connectivity index is 2.43. The van der Waals surface area contributed by atoms with E-state index in [2.05, 4.69) is 4.98 Å². The van der Waals surface area contributed by atoms with Crippen LogP contribution >= 0.6 is 0 Å². The molecule has 0 radical (unpaired) electrons. The van der Waals surface area contributed by atoms with Crippen LogP contribution in [0.4, 0.5) is 0 Å². The minimum absolute atomic E-state index is 0.0550. The third-order valence-corrected chi connectivity index (χ3v) is 6.06. The van der Waals surface area contributed by atoms with Crippen LogP contribution < -0.4 is 10.2 Å². The molecule has 0 aliphatic rings. The summed E-state index contributed by atoms with van der Waals surface area (Å²) in [5.74, 6) is -0.109. The van der Waals surface area contributed by atoms with Gasteiger partial charge in [0, 0.05) is 31.4 Å². The van der Waals surface area contributed by atoms with Crippen molar-refractivity contribution in [2.24, 2.45) is 0 Å². The van der Waals surface area contributed by atoms with E-state index in [0.29, 0.717) is 17.7 Å². The van der Waals surface area contributed by atoms with Crippen LogP contribution in [0.25, 0.3) is 0 Å². The van der Waals surface area contributed by atoms with Crippen molar-refractivity contribution in [3.05, 3.63) is 54.4 Å². The highest BCUT2D eigenvalue weighted by atomic mass is 32.2. The number of methoxy groups -OCH3 is 1. The number of hydrogen-bond acceptors (Lipinski definition) is 6. The molecule has 2 rings (SSSR count). The number of ether oxygens (including phenoxy) is 1. The molecule has 9 heteroatoms. The van der Waals surface area contributed by atoms with Gasteiger partial charge in [0.1, 0.15) is 5.75 Å². The molecule has 0 saturated heterocycles. The molecule has 0 spiro atoms. The highest BCUT2D eigenvalue weighted by Crippen LogP contribution is 2.25. The molecule has 0 saturated carbocycles. The third-order valence-electron chi connectivity index (χ3n) is 4.15. The van der Waals surface area contributed by atoms with Gasteiger partial charge in [0.15, 0.2) is 0 Å². The first-order valence-corrected chi connectivity index (χ1v) is 9.84. The summed E-state index contributed by atoms with van der Waals surface area (Å²) in [5.41, 5.74) is 2.26. The summed E-state index contributed by atoms with van der Waals surface area (Å²) in [6.45, 7) is 1.84. The lowest BCUT2D eigenvalue weighted by Gasteiger charge is -2.30. The van der Waals surface area contributed by atoms with E-state index in [1.165, 1.54) is 23.5 Å². The van der Waals surface area contributed by atoms with Gasteiger partial charge in [-0.1, -0.05) is 13.0 Å². The zero-order valence-corrected chi connectivity index (χ0v) is 16.0. The van der Waals surface area contributed by atoms with Crippen LogP contribution in [0, 0.1) is 0 Å². The second-order valence-corrected chi connectivity index (χ2v) is 7.78. The van der Waals surface area contributed by atoms with Crippen LogP contribution in [0.5, 0.6) is 5.75 Å². The lowest BCUT2D eigenvalue weighted by atomic mass is 10.1. The topological polar surface area (TPSA) is 109 Å². The number of sulfonamides is 1. The Bertz CT molecular complexity index is 841. The van der Waals surface area contributed by atoms with Crippen molar-refractivity contribution >= 4 is 15.9 Å². The molecule has 0 fully saturated rings. The van der Waals surface area contributed by atoms with Crippen molar-refractivity contribution in [1.29, 1.82) is 0 Å². The molecule has 0 bridgehead atoms. The molecule has 8 nitrogen and oxygen atoms in total. The van der Waals surface area contributed by atoms with E-state index in [4.69, 9.17) is 9.94 Å². The number of carbonyl (C=O) groups is 1. The first-order chi connectivity index (χ1) is 12.9. The van der Waals surface area contributed by atoms with Crippen LogP contribution in [-0.2, 0) is 21.4 Å². The van der Waals surface area contributed by atoms with Crippen LogP contribution in [0.3, 0.4) is 0 Å². The number of pyridine rings is 1. The second kappa shape index (κ2) is 9.45. The predicted molar refractivity (Wildman–Crippen MR) is 98.6 cm³/mol. The molecule has 2 N–H and O–H groups in total. The first kappa shape index (κ1) is 20.8. The molecule has 146 valence electrons. The van der Waals surface area contributed by atoms with Gasteiger partial charge in [-0.05, 0) is 42.3 Å². The Morgan fingerprint density at radius 2 is 2.00 bits per heavy atom.